The van der Waals surface area contributed by atoms with Crippen LogP contribution in [0, 0.1) is 0 Å². The van der Waals surface area contributed by atoms with Crippen LogP contribution in [0.1, 0.15) is 29.4 Å². The second-order valence-electron chi connectivity index (χ2n) is 6.88. The molecule has 0 radical (unpaired) electrons. The van der Waals surface area contributed by atoms with Gasteiger partial charge in [-0.3, -0.25) is 4.79 Å². The van der Waals surface area contributed by atoms with Crippen LogP contribution in [0.15, 0.2) is 53.1 Å². The Morgan fingerprint density at radius 2 is 1.83 bits per heavy atom. The molecule has 4 rings (SSSR count). The van der Waals surface area contributed by atoms with Crippen molar-refractivity contribution in [3.8, 4) is 17.1 Å². The molecule has 7 nitrogen and oxygen atoms in total. The summed E-state index contributed by atoms with van der Waals surface area (Å²) in [5.41, 5.74) is 8.60. The topological polar surface area (TPSA) is 94.5 Å². The molecule has 8 heteroatoms. The summed E-state index contributed by atoms with van der Waals surface area (Å²) in [5, 5.41) is 4.08. The summed E-state index contributed by atoms with van der Waals surface area (Å²) < 4.78 is 10.6. The standard InChI is InChI=1S/C21H22N4O3.ClH/c1-27-18-8-4-15(5-9-18)12-25-13-17(10-19(25)26)21-23-20(24-28-21)16-6-2-14(11-22)3-7-16;/h2-9,17H,10-13,22H2,1H3;1H. The summed E-state index contributed by atoms with van der Waals surface area (Å²) in [6.07, 6.45) is 0.379. The molecule has 0 aliphatic carbocycles. The van der Waals surface area contributed by atoms with Crippen molar-refractivity contribution in [2.45, 2.75) is 25.4 Å². The third-order valence-corrected chi connectivity index (χ3v) is 4.99. The summed E-state index contributed by atoms with van der Waals surface area (Å²) in [6.45, 7) is 1.62. The zero-order valence-corrected chi connectivity index (χ0v) is 16.9. The highest BCUT2D eigenvalue weighted by atomic mass is 35.5. The zero-order chi connectivity index (χ0) is 19.5. The molecule has 1 aromatic heterocycles. The predicted molar refractivity (Wildman–Crippen MR) is 111 cm³/mol. The highest BCUT2D eigenvalue weighted by Crippen LogP contribution is 2.30. The molecule has 1 fully saturated rings. The van der Waals surface area contributed by atoms with Gasteiger partial charge in [0.25, 0.3) is 0 Å². The third kappa shape index (κ3) is 4.58. The van der Waals surface area contributed by atoms with Crippen molar-refractivity contribution in [2.24, 2.45) is 5.73 Å². The fraction of sp³-hybridized carbons (Fsp3) is 0.286. The first-order valence-corrected chi connectivity index (χ1v) is 9.20. The van der Waals surface area contributed by atoms with Crippen LogP contribution in [0.3, 0.4) is 0 Å². The Bertz CT molecular complexity index is 957. The molecule has 2 aromatic carbocycles. The highest BCUT2D eigenvalue weighted by Gasteiger charge is 2.34. The van der Waals surface area contributed by atoms with Gasteiger partial charge in [-0.2, -0.15) is 4.98 Å². The maximum Gasteiger partial charge on any atom is 0.232 e. The lowest BCUT2D eigenvalue weighted by atomic mass is 10.1. The van der Waals surface area contributed by atoms with E-state index in [1.807, 2.05) is 53.4 Å². The van der Waals surface area contributed by atoms with E-state index in [0.717, 1.165) is 22.4 Å². The van der Waals surface area contributed by atoms with Crippen LogP contribution in [0.4, 0.5) is 0 Å². The zero-order valence-electron chi connectivity index (χ0n) is 16.1. The first kappa shape index (κ1) is 20.8. The summed E-state index contributed by atoms with van der Waals surface area (Å²) in [7, 11) is 1.63. The van der Waals surface area contributed by atoms with E-state index in [1.165, 1.54) is 0 Å². The molecule has 1 atom stereocenters. The van der Waals surface area contributed by atoms with Crippen molar-refractivity contribution in [1.82, 2.24) is 15.0 Å². The van der Waals surface area contributed by atoms with Gasteiger partial charge in [-0.05, 0) is 23.3 Å². The van der Waals surface area contributed by atoms with Gasteiger partial charge in [-0.15, -0.1) is 12.4 Å². The van der Waals surface area contributed by atoms with E-state index in [-0.39, 0.29) is 24.2 Å². The first-order chi connectivity index (χ1) is 13.7. The van der Waals surface area contributed by atoms with E-state index < -0.39 is 0 Å². The number of nitrogens with zero attached hydrogens (tertiary/aromatic N) is 3. The number of rotatable bonds is 6. The Labute approximate surface area is 175 Å². The molecular formula is C21H23ClN4O3. The number of nitrogens with two attached hydrogens (primary N) is 1. The highest BCUT2D eigenvalue weighted by molar-refractivity contribution is 5.85. The monoisotopic (exact) mass is 414 g/mol. The second kappa shape index (κ2) is 9.07. The number of benzene rings is 2. The molecule has 1 unspecified atom stereocenters. The van der Waals surface area contributed by atoms with E-state index in [9.17, 15) is 4.79 Å². The van der Waals surface area contributed by atoms with Crippen molar-refractivity contribution in [3.05, 3.63) is 65.5 Å². The van der Waals surface area contributed by atoms with Crippen LogP contribution in [0.2, 0.25) is 0 Å². The molecule has 3 aromatic rings. The third-order valence-electron chi connectivity index (χ3n) is 4.99. The molecule has 2 N–H and O–H groups in total. The molecule has 0 bridgehead atoms. The lowest BCUT2D eigenvalue weighted by Crippen LogP contribution is -2.24. The van der Waals surface area contributed by atoms with Crippen LogP contribution >= 0.6 is 12.4 Å². The van der Waals surface area contributed by atoms with Crippen LogP contribution in [0.25, 0.3) is 11.4 Å². The average molecular weight is 415 g/mol. The van der Waals surface area contributed by atoms with Crippen molar-refractivity contribution in [3.63, 3.8) is 0 Å². The van der Waals surface area contributed by atoms with Gasteiger partial charge in [0.2, 0.25) is 17.6 Å². The summed E-state index contributed by atoms with van der Waals surface area (Å²) in [4.78, 5) is 18.8. The first-order valence-electron chi connectivity index (χ1n) is 9.20. The number of aromatic nitrogens is 2. The fourth-order valence-electron chi connectivity index (χ4n) is 3.35. The normalized spacial score (nSPS) is 16.0. The molecule has 0 spiro atoms. The number of amides is 1. The number of carbonyl (C=O) groups is 1. The quantitative estimate of drug-likeness (QED) is 0.665. The number of likely N-dealkylation sites (tertiary alicyclic amines) is 1. The maximum atomic E-state index is 12.4. The van der Waals surface area contributed by atoms with E-state index in [0.29, 0.717) is 37.8 Å². The van der Waals surface area contributed by atoms with Gasteiger partial charge in [-0.25, -0.2) is 0 Å². The SMILES string of the molecule is COc1ccc(CN2CC(c3nc(-c4ccc(CN)cc4)no3)CC2=O)cc1.Cl. The minimum atomic E-state index is -0.0877. The average Bonchev–Trinajstić information content (AvgIpc) is 3.36. The Kier molecular flexibility index (Phi) is 6.51. The minimum absolute atomic E-state index is 0. The fourth-order valence-corrected chi connectivity index (χ4v) is 3.35. The van der Waals surface area contributed by atoms with Crippen molar-refractivity contribution >= 4 is 18.3 Å². The Morgan fingerprint density at radius 3 is 2.48 bits per heavy atom. The van der Waals surface area contributed by atoms with Gasteiger partial charge in [0.05, 0.1) is 13.0 Å². The van der Waals surface area contributed by atoms with Crippen LogP contribution in [-0.2, 0) is 17.9 Å². The summed E-state index contributed by atoms with van der Waals surface area (Å²) >= 11 is 0. The molecule has 152 valence electrons. The number of halogens is 1. The van der Waals surface area contributed by atoms with E-state index >= 15 is 0 Å². The van der Waals surface area contributed by atoms with Crippen LogP contribution in [-0.4, -0.2) is 34.6 Å². The largest absolute Gasteiger partial charge is 0.497 e. The Balaban J connectivity index is 0.00000240. The minimum Gasteiger partial charge on any atom is -0.497 e. The second-order valence-corrected chi connectivity index (χ2v) is 6.88. The maximum absolute atomic E-state index is 12.4. The van der Waals surface area contributed by atoms with E-state index in [2.05, 4.69) is 10.1 Å². The van der Waals surface area contributed by atoms with Gasteiger partial charge < -0.3 is 19.9 Å². The van der Waals surface area contributed by atoms with Crippen molar-refractivity contribution < 1.29 is 14.1 Å². The Morgan fingerprint density at radius 1 is 1.14 bits per heavy atom. The molecule has 29 heavy (non-hydrogen) atoms. The van der Waals surface area contributed by atoms with Gasteiger partial charge in [-0.1, -0.05) is 41.6 Å². The molecule has 1 amide bonds. The predicted octanol–water partition coefficient (Wildman–Crippen LogP) is 3.14. The molecule has 2 heterocycles. The molecular weight excluding hydrogens is 392 g/mol. The molecule has 1 aliphatic rings. The van der Waals surface area contributed by atoms with Gasteiger partial charge in [0, 0.05) is 31.6 Å². The number of methoxy groups -OCH3 is 1. The van der Waals surface area contributed by atoms with Crippen LogP contribution < -0.4 is 10.5 Å². The number of carbonyl (C=O) groups excluding carboxylic acids is 1. The number of hydrogen-bond acceptors (Lipinski definition) is 6. The molecule has 1 aliphatic heterocycles. The lowest BCUT2D eigenvalue weighted by Gasteiger charge is -2.16. The van der Waals surface area contributed by atoms with Crippen molar-refractivity contribution in [2.75, 3.05) is 13.7 Å². The van der Waals surface area contributed by atoms with Gasteiger partial charge >= 0.3 is 0 Å². The lowest BCUT2D eigenvalue weighted by molar-refractivity contribution is -0.128. The molecule has 0 saturated carbocycles. The number of ether oxygens (including phenoxy) is 1. The van der Waals surface area contributed by atoms with Crippen LogP contribution in [0.5, 0.6) is 5.75 Å². The van der Waals surface area contributed by atoms with Gasteiger partial charge in [0.1, 0.15) is 5.75 Å². The summed E-state index contributed by atoms with van der Waals surface area (Å²) in [6, 6.07) is 15.5. The van der Waals surface area contributed by atoms with E-state index in [4.69, 9.17) is 15.0 Å². The Hall–Kier alpha value is -2.90. The smallest absolute Gasteiger partial charge is 0.232 e. The van der Waals surface area contributed by atoms with Gasteiger partial charge in [0.15, 0.2) is 0 Å². The number of hydrogen-bond donors (Lipinski definition) is 1. The van der Waals surface area contributed by atoms with Crippen molar-refractivity contribution in [1.29, 1.82) is 0 Å². The van der Waals surface area contributed by atoms with E-state index in [1.54, 1.807) is 7.11 Å². The summed E-state index contributed by atoms with van der Waals surface area (Å²) in [5.74, 6) is 1.83. The molecule has 1 saturated heterocycles.